The van der Waals surface area contributed by atoms with E-state index in [1.54, 1.807) is 11.3 Å². The summed E-state index contributed by atoms with van der Waals surface area (Å²) in [6.07, 6.45) is 0.985. The van der Waals surface area contributed by atoms with Gasteiger partial charge in [-0.1, -0.05) is 24.3 Å². The molecule has 1 aromatic heterocycles. The Bertz CT molecular complexity index is 520. The topological polar surface area (TPSA) is 41.6 Å². The number of benzene rings is 1. The van der Waals surface area contributed by atoms with Crippen molar-refractivity contribution in [2.75, 3.05) is 7.05 Å². The van der Waals surface area contributed by atoms with Gasteiger partial charge in [0, 0.05) is 24.4 Å². The number of hydrogen-bond donors (Lipinski definition) is 1. The van der Waals surface area contributed by atoms with Crippen LogP contribution in [0.15, 0.2) is 52.8 Å². The zero-order chi connectivity index (χ0) is 13.7. The van der Waals surface area contributed by atoms with Gasteiger partial charge in [0.25, 0.3) is 0 Å². The average Bonchev–Trinajstić information content (AvgIpc) is 2.91. The van der Waals surface area contributed by atoms with Crippen LogP contribution in [0.5, 0.6) is 0 Å². The minimum Gasteiger partial charge on any atom is -0.369 e. The van der Waals surface area contributed by atoms with Gasteiger partial charge in [-0.2, -0.15) is 0 Å². The van der Waals surface area contributed by atoms with Gasteiger partial charge in [-0.15, -0.1) is 11.3 Å². The first-order valence-electron chi connectivity index (χ1n) is 6.31. The van der Waals surface area contributed by atoms with Crippen molar-refractivity contribution in [3.8, 4) is 0 Å². The SMILES string of the molecule is CC(Cc1cccs1)N(C)C(N)=Nc1ccccc1. The van der Waals surface area contributed by atoms with E-state index >= 15 is 0 Å². The molecule has 0 aliphatic rings. The lowest BCUT2D eigenvalue weighted by molar-refractivity contribution is 0.386. The minimum absolute atomic E-state index is 0.325. The normalized spacial score (nSPS) is 13.3. The maximum absolute atomic E-state index is 6.06. The van der Waals surface area contributed by atoms with E-state index < -0.39 is 0 Å². The van der Waals surface area contributed by atoms with Crippen LogP contribution < -0.4 is 5.73 Å². The Balaban J connectivity index is 2.02. The predicted molar refractivity (Wildman–Crippen MR) is 83.0 cm³/mol. The highest BCUT2D eigenvalue weighted by Crippen LogP contribution is 2.15. The number of nitrogens with zero attached hydrogens (tertiary/aromatic N) is 2. The fourth-order valence-electron chi connectivity index (χ4n) is 1.80. The number of para-hydroxylation sites is 1. The third kappa shape index (κ3) is 3.83. The molecule has 3 nitrogen and oxygen atoms in total. The number of thiophene rings is 1. The van der Waals surface area contributed by atoms with Crippen LogP contribution in [0.2, 0.25) is 0 Å². The van der Waals surface area contributed by atoms with Gasteiger partial charge < -0.3 is 10.6 Å². The molecule has 0 spiro atoms. The summed E-state index contributed by atoms with van der Waals surface area (Å²) in [6.45, 7) is 2.16. The highest BCUT2D eigenvalue weighted by Gasteiger charge is 2.12. The lowest BCUT2D eigenvalue weighted by Gasteiger charge is -2.25. The molecule has 0 bridgehead atoms. The molecule has 0 fully saturated rings. The quantitative estimate of drug-likeness (QED) is 0.686. The van der Waals surface area contributed by atoms with Crippen LogP contribution in [0.1, 0.15) is 11.8 Å². The smallest absolute Gasteiger partial charge is 0.196 e. The Morgan fingerprint density at radius 1 is 1.26 bits per heavy atom. The Morgan fingerprint density at radius 3 is 2.63 bits per heavy atom. The second kappa shape index (κ2) is 6.38. The number of aliphatic imine (C=N–C) groups is 1. The molecule has 1 aromatic carbocycles. The third-order valence-electron chi connectivity index (χ3n) is 3.10. The van der Waals surface area contributed by atoms with Crippen molar-refractivity contribution in [2.24, 2.45) is 10.7 Å². The molecule has 2 N–H and O–H groups in total. The first kappa shape index (κ1) is 13.6. The predicted octanol–water partition coefficient (Wildman–Crippen LogP) is 3.26. The molecule has 2 rings (SSSR count). The molecule has 1 atom stereocenters. The van der Waals surface area contributed by atoms with Gasteiger partial charge in [0.05, 0.1) is 5.69 Å². The maximum atomic E-state index is 6.06. The second-order valence-corrected chi connectivity index (χ2v) is 5.58. The fourth-order valence-corrected chi connectivity index (χ4v) is 2.62. The molecule has 0 saturated carbocycles. The number of likely N-dealkylation sites (N-methyl/N-ethyl adjacent to an activating group) is 1. The number of guanidine groups is 1. The van der Waals surface area contributed by atoms with Crippen molar-refractivity contribution in [3.05, 3.63) is 52.7 Å². The summed E-state index contributed by atoms with van der Waals surface area (Å²) in [5.74, 6) is 0.551. The fraction of sp³-hybridized carbons (Fsp3) is 0.267. The first-order valence-corrected chi connectivity index (χ1v) is 7.19. The summed E-state index contributed by atoms with van der Waals surface area (Å²) < 4.78 is 0. The molecular formula is C15H19N3S. The van der Waals surface area contributed by atoms with Crippen molar-refractivity contribution in [3.63, 3.8) is 0 Å². The highest BCUT2D eigenvalue weighted by atomic mass is 32.1. The summed E-state index contributed by atoms with van der Waals surface area (Å²) in [6, 6.07) is 14.3. The molecule has 2 aromatic rings. The Labute approximate surface area is 118 Å². The van der Waals surface area contributed by atoms with Crippen molar-refractivity contribution >= 4 is 23.0 Å². The Hall–Kier alpha value is -1.81. The van der Waals surface area contributed by atoms with Gasteiger partial charge in [-0.05, 0) is 30.5 Å². The van der Waals surface area contributed by atoms with E-state index in [1.807, 2.05) is 42.3 Å². The van der Waals surface area contributed by atoms with E-state index in [1.165, 1.54) is 4.88 Å². The van der Waals surface area contributed by atoms with Gasteiger partial charge in [0.15, 0.2) is 5.96 Å². The molecule has 0 amide bonds. The van der Waals surface area contributed by atoms with Crippen LogP contribution in [0.25, 0.3) is 0 Å². The first-order chi connectivity index (χ1) is 9.16. The molecule has 0 aliphatic heterocycles. The van der Waals surface area contributed by atoms with Crippen molar-refractivity contribution < 1.29 is 0 Å². The number of rotatable bonds is 4. The molecule has 4 heteroatoms. The number of nitrogens with two attached hydrogens (primary N) is 1. The van der Waals surface area contributed by atoms with Crippen LogP contribution in [-0.2, 0) is 6.42 Å². The van der Waals surface area contributed by atoms with E-state index in [0.717, 1.165) is 12.1 Å². The minimum atomic E-state index is 0.325. The zero-order valence-corrected chi connectivity index (χ0v) is 12.1. The molecule has 19 heavy (non-hydrogen) atoms. The molecule has 1 unspecified atom stereocenters. The van der Waals surface area contributed by atoms with Crippen LogP contribution in [0.3, 0.4) is 0 Å². The van der Waals surface area contributed by atoms with Gasteiger partial charge >= 0.3 is 0 Å². The van der Waals surface area contributed by atoms with Crippen LogP contribution in [0.4, 0.5) is 5.69 Å². The van der Waals surface area contributed by atoms with Gasteiger partial charge in [0.1, 0.15) is 0 Å². The van der Waals surface area contributed by atoms with Gasteiger partial charge in [-0.25, -0.2) is 4.99 Å². The summed E-state index contributed by atoms with van der Waals surface area (Å²) in [7, 11) is 1.99. The van der Waals surface area contributed by atoms with E-state index in [4.69, 9.17) is 5.73 Å². The van der Waals surface area contributed by atoms with E-state index in [0.29, 0.717) is 12.0 Å². The molecule has 0 aliphatic carbocycles. The molecule has 100 valence electrons. The number of hydrogen-bond acceptors (Lipinski definition) is 2. The summed E-state index contributed by atoms with van der Waals surface area (Å²) in [4.78, 5) is 7.82. The standard InChI is InChI=1S/C15H19N3S/c1-12(11-14-9-6-10-19-14)18(2)15(16)17-13-7-4-3-5-8-13/h3-10,12H,11H2,1-2H3,(H2,16,17). The zero-order valence-electron chi connectivity index (χ0n) is 11.3. The average molecular weight is 273 g/mol. The Kier molecular flexibility index (Phi) is 4.58. The second-order valence-electron chi connectivity index (χ2n) is 4.55. The van der Waals surface area contributed by atoms with Crippen LogP contribution in [-0.4, -0.2) is 23.9 Å². The summed E-state index contributed by atoms with van der Waals surface area (Å²) in [5.41, 5.74) is 6.94. The highest BCUT2D eigenvalue weighted by molar-refractivity contribution is 7.09. The van der Waals surface area contributed by atoms with E-state index in [9.17, 15) is 0 Å². The van der Waals surface area contributed by atoms with E-state index in [2.05, 4.69) is 29.4 Å². The lowest BCUT2D eigenvalue weighted by Crippen LogP contribution is -2.41. The Morgan fingerprint density at radius 2 is 2.00 bits per heavy atom. The summed E-state index contributed by atoms with van der Waals surface area (Å²) >= 11 is 1.78. The van der Waals surface area contributed by atoms with Crippen molar-refractivity contribution in [2.45, 2.75) is 19.4 Å². The van der Waals surface area contributed by atoms with Gasteiger partial charge in [-0.3, -0.25) is 0 Å². The van der Waals surface area contributed by atoms with Crippen LogP contribution >= 0.6 is 11.3 Å². The largest absolute Gasteiger partial charge is 0.369 e. The van der Waals surface area contributed by atoms with Crippen molar-refractivity contribution in [1.82, 2.24) is 4.90 Å². The lowest BCUT2D eigenvalue weighted by atomic mass is 10.2. The van der Waals surface area contributed by atoms with Crippen molar-refractivity contribution in [1.29, 1.82) is 0 Å². The monoisotopic (exact) mass is 273 g/mol. The molecule has 0 radical (unpaired) electrons. The van der Waals surface area contributed by atoms with Crippen LogP contribution in [0, 0.1) is 0 Å². The summed E-state index contributed by atoms with van der Waals surface area (Å²) in [5, 5.41) is 2.10. The maximum Gasteiger partial charge on any atom is 0.196 e. The van der Waals surface area contributed by atoms with E-state index in [-0.39, 0.29) is 0 Å². The third-order valence-corrected chi connectivity index (χ3v) is 4.00. The molecular weight excluding hydrogens is 254 g/mol. The molecule has 1 heterocycles. The molecule has 0 saturated heterocycles. The van der Waals surface area contributed by atoms with Gasteiger partial charge in [0.2, 0.25) is 0 Å².